The highest BCUT2D eigenvalue weighted by Gasteiger charge is 2.21. The Hall–Kier alpha value is -2.47. The molecular weight excluding hydrogens is 546 g/mol. The maximum absolute atomic E-state index is 13.7. The van der Waals surface area contributed by atoms with Crippen LogP contribution in [0.4, 0.5) is 0 Å². The number of nitrogens with zero attached hydrogens (tertiary/aromatic N) is 3. The van der Waals surface area contributed by atoms with E-state index in [2.05, 4.69) is 15.9 Å². The first-order chi connectivity index (χ1) is 15.9. The molecule has 170 valence electrons. The number of benzene rings is 2. The number of hydrogen-bond acceptors (Lipinski definition) is 8. The van der Waals surface area contributed by atoms with Gasteiger partial charge in [-0.3, -0.25) is 18.7 Å². The fourth-order valence-electron chi connectivity index (χ4n) is 3.20. The minimum Gasteiger partial charge on any atom is -0.495 e. The Morgan fingerprint density at radius 1 is 1.18 bits per heavy atom. The number of esters is 1. The largest absolute Gasteiger partial charge is 0.495 e. The molecule has 0 unspecified atom stereocenters. The molecule has 0 radical (unpaired) electrons. The smallest absolute Gasteiger partial charge is 0.316 e. The predicted octanol–water partition coefficient (Wildman–Crippen LogP) is 5.39. The Kier molecular flexibility index (Phi) is 7.32. The van der Waals surface area contributed by atoms with E-state index >= 15 is 0 Å². The predicted molar refractivity (Wildman–Crippen MR) is 137 cm³/mol. The average molecular weight is 565 g/mol. The summed E-state index contributed by atoms with van der Waals surface area (Å²) in [6.07, 6.45) is 0. The van der Waals surface area contributed by atoms with Gasteiger partial charge in [-0.2, -0.15) is 0 Å². The van der Waals surface area contributed by atoms with Crippen molar-refractivity contribution in [1.29, 1.82) is 0 Å². The molecule has 2 aromatic carbocycles. The summed E-state index contributed by atoms with van der Waals surface area (Å²) in [5.74, 6) is 0.237. The Morgan fingerprint density at radius 2 is 1.91 bits per heavy atom. The van der Waals surface area contributed by atoms with Crippen LogP contribution < -0.4 is 10.3 Å². The molecule has 11 heteroatoms. The highest BCUT2D eigenvalue weighted by Crippen LogP contribution is 2.31. The number of ether oxygens (including phenoxy) is 2. The fraction of sp³-hybridized carbons (Fsp3) is 0.182. The zero-order valence-corrected chi connectivity index (χ0v) is 21.6. The normalized spacial score (nSPS) is 11.0. The van der Waals surface area contributed by atoms with Gasteiger partial charge in [-0.1, -0.05) is 51.2 Å². The number of fused-ring (bicyclic) bond motifs is 1. The molecule has 0 saturated carbocycles. The number of para-hydroxylation sites is 2. The van der Waals surface area contributed by atoms with Crippen molar-refractivity contribution in [3.63, 3.8) is 0 Å². The van der Waals surface area contributed by atoms with Crippen LogP contribution in [0, 0.1) is 3.95 Å². The van der Waals surface area contributed by atoms with Gasteiger partial charge in [-0.15, -0.1) is 0 Å². The van der Waals surface area contributed by atoms with Crippen LogP contribution in [-0.2, 0) is 9.53 Å². The molecule has 7 nitrogen and oxygen atoms in total. The lowest BCUT2D eigenvalue weighted by Crippen LogP contribution is -2.22. The molecule has 2 heterocycles. The summed E-state index contributed by atoms with van der Waals surface area (Å²) in [5, 5.41) is 0.360. The number of hydrogen-bond donors (Lipinski definition) is 0. The first-order valence-corrected chi connectivity index (χ1v) is 12.8. The summed E-state index contributed by atoms with van der Waals surface area (Å²) in [5.41, 5.74) is 1.47. The number of methoxy groups -OCH3 is 1. The summed E-state index contributed by atoms with van der Waals surface area (Å²) in [6, 6.07) is 14.7. The van der Waals surface area contributed by atoms with E-state index in [0.717, 1.165) is 16.2 Å². The summed E-state index contributed by atoms with van der Waals surface area (Å²) < 4.78 is 15.5. The van der Waals surface area contributed by atoms with Crippen LogP contribution >= 0.6 is 51.2 Å². The van der Waals surface area contributed by atoms with Gasteiger partial charge in [0.1, 0.15) is 10.4 Å². The van der Waals surface area contributed by atoms with Gasteiger partial charge in [0, 0.05) is 4.47 Å². The second-order valence-corrected chi connectivity index (χ2v) is 10.1. The number of thiazole rings is 1. The SMILES string of the molecule is CCOC(=O)CSc1nc2c(sc(=S)n2-c2ccccc2OC)c(=O)n1-c1ccc(Br)cc1. The number of carbonyl (C=O) groups excluding carboxylic acids is 1. The first kappa shape index (κ1) is 23.7. The third-order valence-electron chi connectivity index (χ3n) is 4.61. The van der Waals surface area contributed by atoms with Crippen molar-refractivity contribution < 1.29 is 14.3 Å². The maximum atomic E-state index is 13.7. The lowest BCUT2D eigenvalue weighted by Gasteiger charge is -2.14. The van der Waals surface area contributed by atoms with Crippen LogP contribution in [0.2, 0.25) is 0 Å². The quantitative estimate of drug-likeness (QED) is 0.129. The van der Waals surface area contributed by atoms with Crippen molar-refractivity contribution in [2.24, 2.45) is 0 Å². The summed E-state index contributed by atoms with van der Waals surface area (Å²) in [6.45, 7) is 2.03. The lowest BCUT2D eigenvalue weighted by atomic mass is 10.3. The molecule has 4 aromatic rings. The summed E-state index contributed by atoms with van der Waals surface area (Å²) in [7, 11) is 1.57. The second-order valence-electron chi connectivity index (χ2n) is 6.63. The number of carbonyl (C=O) groups is 1. The number of aromatic nitrogens is 3. The molecule has 0 aliphatic carbocycles. The minimum absolute atomic E-state index is 0.0157. The van der Waals surface area contributed by atoms with Gasteiger partial charge in [-0.05, 0) is 55.5 Å². The van der Waals surface area contributed by atoms with E-state index in [0.29, 0.717) is 36.6 Å². The highest BCUT2D eigenvalue weighted by atomic mass is 79.9. The fourth-order valence-corrected chi connectivity index (χ4v) is 5.56. The molecule has 0 N–H and O–H groups in total. The number of rotatable bonds is 7. The Balaban J connectivity index is 1.97. The van der Waals surface area contributed by atoms with Gasteiger partial charge in [0.05, 0.1) is 30.8 Å². The third kappa shape index (κ3) is 4.77. The summed E-state index contributed by atoms with van der Waals surface area (Å²) in [4.78, 5) is 30.5. The average Bonchev–Trinajstić information content (AvgIpc) is 3.14. The van der Waals surface area contributed by atoms with E-state index in [9.17, 15) is 9.59 Å². The Morgan fingerprint density at radius 3 is 2.61 bits per heavy atom. The molecule has 4 rings (SSSR count). The van der Waals surface area contributed by atoms with Gasteiger partial charge >= 0.3 is 5.97 Å². The van der Waals surface area contributed by atoms with Gasteiger partial charge in [-0.25, -0.2) is 4.98 Å². The van der Waals surface area contributed by atoms with Gasteiger partial charge in [0.25, 0.3) is 5.56 Å². The third-order valence-corrected chi connectivity index (χ3v) is 7.40. The molecule has 0 spiro atoms. The maximum Gasteiger partial charge on any atom is 0.316 e. The molecule has 0 amide bonds. The van der Waals surface area contributed by atoms with Crippen LogP contribution in [0.5, 0.6) is 5.75 Å². The van der Waals surface area contributed by atoms with Crippen molar-refractivity contribution >= 4 is 67.6 Å². The molecular formula is C22H18BrN3O4S3. The molecule has 0 bridgehead atoms. The van der Waals surface area contributed by atoms with E-state index in [1.54, 1.807) is 18.6 Å². The topological polar surface area (TPSA) is 75.3 Å². The van der Waals surface area contributed by atoms with Gasteiger partial charge < -0.3 is 9.47 Å². The second kappa shape index (κ2) is 10.2. The number of thioether (sulfide) groups is 1. The van der Waals surface area contributed by atoms with Crippen molar-refractivity contribution in [1.82, 2.24) is 14.1 Å². The van der Waals surface area contributed by atoms with E-state index in [-0.39, 0.29) is 23.9 Å². The van der Waals surface area contributed by atoms with E-state index in [1.165, 1.54) is 15.9 Å². The summed E-state index contributed by atoms with van der Waals surface area (Å²) >= 11 is 11.4. The monoisotopic (exact) mass is 563 g/mol. The number of halogens is 1. The highest BCUT2D eigenvalue weighted by molar-refractivity contribution is 9.10. The van der Waals surface area contributed by atoms with Crippen LogP contribution in [0.15, 0.2) is 63.0 Å². The zero-order valence-electron chi connectivity index (χ0n) is 17.6. The van der Waals surface area contributed by atoms with E-state index in [4.69, 9.17) is 26.7 Å². The van der Waals surface area contributed by atoms with Crippen LogP contribution in [0.3, 0.4) is 0 Å². The standard InChI is InChI=1S/C22H18BrN3O4S3/c1-3-30-17(27)12-32-21-24-19-18(20(28)25(21)14-10-8-13(23)9-11-14)33-22(31)26(19)15-6-4-5-7-16(15)29-2/h4-11H,3,12H2,1-2H3. The molecule has 0 saturated heterocycles. The van der Waals surface area contributed by atoms with Gasteiger partial charge in [0.15, 0.2) is 14.8 Å². The van der Waals surface area contributed by atoms with E-state index in [1.807, 2.05) is 48.5 Å². The molecule has 33 heavy (non-hydrogen) atoms. The van der Waals surface area contributed by atoms with Crippen LogP contribution in [0.1, 0.15) is 6.92 Å². The zero-order chi connectivity index (χ0) is 23.5. The Bertz CT molecular complexity index is 1440. The van der Waals surface area contributed by atoms with Crippen molar-refractivity contribution in [2.45, 2.75) is 12.1 Å². The molecule has 0 aliphatic rings. The van der Waals surface area contributed by atoms with Gasteiger partial charge in [0.2, 0.25) is 0 Å². The van der Waals surface area contributed by atoms with Crippen LogP contribution in [-0.4, -0.2) is 39.6 Å². The molecule has 2 aromatic heterocycles. The molecule has 0 aliphatic heterocycles. The van der Waals surface area contributed by atoms with Crippen molar-refractivity contribution in [3.8, 4) is 17.1 Å². The molecule has 0 fully saturated rings. The lowest BCUT2D eigenvalue weighted by molar-refractivity contribution is -0.139. The molecule has 0 atom stereocenters. The minimum atomic E-state index is -0.383. The van der Waals surface area contributed by atoms with Crippen molar-refractivity contribution in [3.05, 3.63) is 67.3 Å². The first-order valence-electron chi connectivity index (χ1n) is 9.81. The Labute approximate surface area is 211 Å². The van der Waals surface area contributed by atoms with E-state index < -0.39 is 0 Å². The van der Waals surface area contributed by atoms with Crippen molar-refractivity contribution in [2.75, 3.05) is 19.5 Å². The van der Waals surface area contributed by atoms with Crippen LogP contribution in [0.25, 0.3) is 21.7 Å².